The fourth-order valence-electron chi connectivity index (χ4n) is 2.08. The van der Waals surface area contributed by atoms with Crippen LogP contribution in [0, 0.1) is 6.92 Å². The SMILES string of the molecule is CCCCCC(C)(O)Cc1c(Br)c(C)nn1C. The van der Waals surface area contributed by atoms with E-state index in [1.165, 1.54) is 12.8 Å². The molecular weight excluding hydrogens is 280 g/mol. The molecule has 0 amide bonds. The van der Waals surface area contributed by atoms with Crippen LogP contribution in [-0.2, 0) is 13.5 Å². The van der Waals surface area contributed by atoms with E-state index in [1.54, 1.807) is 0 Å². The molecule has 4 heteroatoms. The van der Waals surface area contributed by atoms with Gasteiger partial charge in [-0.05, 0) is 36.2 Å². The van der Waals surface area contributed by atoms with Gasteiger partial charge < -0.3 is 5.11 Å². The van der Waals surface area contributed by atoms with Crippen LogP contribution in [0.15, 0.2) is 4.47 Å². The van der Waals surface area contributed by atoms with E-state index in [0.717, 1.165) is 28.7 Å². The first-order valence-corrected chi connectivity index (χ1v) is 7.07. The standard InChI is InChI=1S/C13H23BrN2O/c1-5-6-7-8-13(3,17)9-11-12(14)10(2)15-16(11)4/h17H,5-9H2,1-4H3. The van der Waals surface area contributed by atoms with Crippen molar-refractivity contribution in [3.8, 4) is 0 Å². The van der Waals surface area contributed by atoms with E-state index in [-0.39, 0.29) is 0 Å². The number of rotatable bonds is 6. The number of aliphatic hydroxyl groups is 1. The Balaban J connectivity index is 2.68. The Kier molecular flexibility index (Phi) is 5.20. The zero-order valence-electron chi connectivity index (χ0n) is 11.3. The van der Waals surface area contributed by atoms with Gasteiger partial charge in [-0.3, -0.25) is 4.68 Å². The van der Waals surface area contributed by atoms with Crippen molar-refractivity contribution in [2.24, 2.45) is 7.05 Å². The van der Waals surface area contributed by atoms with Crippen LogP contribution >= 0.6 is 15.9 Å². The van der Waals surface area contributed by atoms with E-state index in [0.29, 0.717) is 6.42 Å². The summed E-state index contributed by atoms with van der Waals surface area (Å²) in [5, 5.41) is 14.7. The van der Waals surface area contributed by atoms with Gasteiger partial charge >= 0.3 is 0 Å². The molecule has 0 saturated heterocycles. The van der Waals surface area contributed by atoms with Crippen molar-refractivity contribution < 1.29 is 5.11 Å². The molecule has 1 N–H and O–H groups in total. The molecule has 0 aliphatic heterocycles. The summed E-state index contributed by atoms with van der Waals surface area (Å²) in [6.07, 6.45) is 4.94. The summed E-state index contributed by atoms with van der Waals surface area (Å²) in [5.74, 6) is 0. The topological polar surface area (TPSA) is 38.1 Å². The van der Waals surface area contributed by atoms with Gasteiger partial charge in [-0.1, -0.05) is 26.2 Å². The van der Waals surface area contributed by atoms with Crippen molar-refractivity contribution in [1.29, 1.82) is 0 Å². The molecule has 0 radical (unpaired) electrons. The summed E-state index contributed by atoms with van der Waals surface area (Å²) in [4.78, 5) is 0. The molecule has 0 aromatic carbocycles. The minimum atomic E-state index is -0.641. The Hall–Kier alpha value is -0.350. The third-order valence-corrected chi connectivity index (χ3v) is 4.16. The first kappa shape index (κ1) is 14.7. The fraction of sp³-hybridized carbons (Fsp3) is 0.769. The third kappa shape index (κ3) is 4.11. The summed E-state index contributed by atoms with van der Waals surface area (Å²) in [6, 6.07) is 0. The Morgan fingerprint density at radius 3 is 2.53 bits per heavy atom. The molecule has 1 unspecified atom stereocenters. The lowest BCUT2D eigenvalue weighted by Gasteiger charge is -2.23. The average Bonchev–Trinajstić information content (AvgIpc) is 2.45. The van der Waals surface area contributed by atoms with Crippen LogP contribution in [0.25, 0.3) is 0 Å². The highest BCUT2D eigenvalue weighted by molar-refractivity contribution is 9.10. The van der Waals surface area contributed by atoms with Gasteiger partial charge in [0.15, 0.2) is 0 Å². The van der Waals surface area contributed by atoms with Gasteiger partial charge in [0.1, 0.15) is 0 Å². The molecule has 0 aliphatic carbocycles. The Morgan fingerprint density at radius 1 is 1.41 bits per heavy atom. The van der Waals surface area contributed by atoms with Crippen molar-refractivity contribution in [2.75, 3.05) is 0 Å². The van der Waals surface area contributed by atoms with Gasteiger partial charge in [0, 0.05) is 13.5 Å². The Labute approximate surface area is 112 Å². The zero-order valence-corrected chi connectivity index (χ0v) is 12.8. The Morgan fingerprint density at radius 2 is 2.06 bits per heavy atom. The number of aromatic nitrogens is 2. The smallest absolute Gasteiger partial charge is 0.0738 e. The molecule has 0 fully saturated rings. The highest BCUT2D eigenvalue weighted by Gasteiger charge is 2.24. The monoisotopic (exact) mass is 302 g/mol. The van der Waals surface area contributed by atoms with Crippen molar-refractivity contribution in [3.05, 3.63) is 15.9 Å². The van der Waals surface area contributed by atoms with Gasteiger partial charge in [-0.15, -0.1) is 0 Å². The number of hydrogen-bond acceptors (Lipinski definition) is 2. The summed E-state index contributed by atoms with van der Waals surface area (Å²) in [6.45, 7) is 6.06. The Bertz CT molecular complexity index is 372. The summed E-state index contributed by atoms with van der Waals surface area (Å²) in [7, 11) is 1.93. The van der Waals surface area contributed by atoms with Crippen molar-refractivity contribution in [2.45, 2.75) is 58.5 Å². The van der Waals surface area contributed by atoms with E-state index in [2.05, 4.69) is 28.0 Å². The van der Waals surface area contributed by atoms with Crippen LogP contribution in [0.1, 0.15) is 50.9 Å². The largest absolute Gasteiger partial charge is 0.390 e. The highest BCUT2D eigenvalue weighted by Crippen LogP contribution is 2.26. The first-order chi connectivity index (χ1) is 7.87. The van der Waals surface area contributed by atoms with E-state index in [1.807, 2.05) is 25.6 Å². The van der Waals surface area contributed by atoms with Gasteiger partial charge in [0.2, 0.25) is 0 Å². The second kappa shape index (κ2) is 6.01. The molecule has 0 bridgehead atoms. The molecule has 1 aromatic heterocycles. The molecule has 1 rings (SSSR count). The summed E-state index contributed by atoms with van der Waals surface area (Å²) >= 11 is 3.54. The van der Waals surface area contributed by atoms with Gasteiger partial charge in [0.05, 0.1) is 21.5 Å². The molecule has 17 heavy (non-hydrogen) atoms. The van der Waals surface area contributed by atoms with E-state index >= 15 is 0 Å². The molecule has 3 nitrogen and oxygen atoms in total. The van der Waals surface area contributed by atoms with Crippen molar-refractivity contribution >= 4 is 15.9 Å². The van der Waals surface area contributed by atoms with Gasteiger partial charge in [0.25, 0.3) is 0 Å². The lowest BCUT2D eigenvalue weighted by Crippen LogP contribution is -2.28. The predicted molar refractivity (Wildman–Crippen MR) is 74.1 cm³/mol. The zero-order chi connectivity index (χ0) is 13.1. The van der Waals surface area contributed by atoms with Crippen LogP contribution in [-0.4, -0.2) is 20.5 Å². The second-order valence-electron chi connectivity index (χ2n) is 5.10. The molecule has 1 aromatic rings. The predicted octanol–water partition coefficient (Wildman–Crippen LogP) is 3.36. The summed E-state index contributed by atoms with van der Waals surface area (Å²) in [5.41, 5.74) is 1.41. The number of unbranched alkanes of at least 4 members (excludes halogenated alkanes) is 2. The van der Waals surface area contributed by atoms with Crippen LogP contribution in [0.3, 0.4) is 0 Å². The maximum absolute atomic E-state index is 10.4. The van der Waals surface area contributed by atoms with E-state index in [4.69, 9.17) is 0 Å². The van der Waals surface area contributed by atoms with Gasteiger partial charge in [-0.25, -0.2) is 0 Å². The van der Waals surface area contributed by atoms with E-state index in [9.17, 15) is 5.11 Å². The highest BCUT2D eigenvalue weighted by atomic mass is 79.9. The molecule has 0 spiro atoms. The maximum atomic E-state index is 10.4. The number of nitrogens with zero attached hydrogens (tertiary/aromatic N) is 2. The van der Waals surface area contributed by atoms with Crippen LogP contribution in [0.5, 0.6) is 0 Å². The van der Waals surface area contributed by atoms with Crippen LogP contribution < -0.4 is 0 Å². The van der Waals surface area contributed by atoms with Crippen LogP contribution in [0.2, 0.25) is 0 Å². The average molecular weight is 303 g/mol. The van der Waals surface area contributed by atoms with Crippen LogP contribution in [0.4, 0.5) is 0 Å². The normalized spacial score (nSPS) is 14.9. The molecule has 1 heterocycles. The molecule has 0 saturated carbocycles. The minimum absolute atomic E-state index is 0.641. The molecule has 98 valence electrons. The second-order valence-corrected chi connectivity index (χ2v) is 5.89. The lowest BCUT2D eigenvalue weighted by atomic mass is 9.93. The van der Waals surface area contributed by atoms with Gasteiger partial charge in [-0.2, -0.15) is 5.10 Å². The quantitative estimate of drug-likeness (QED) is 0.818. The first-order valence-electron chi connectivity index (χ1n) is 6.27. The summed E-state index contributed by atoms with van der Waals surface area (Å²) < 4.78 is 2.88. The molecule has 1 atom stereocenters. The van der Waals surface area contributed by atoms with Crippen molar-refractivity contribution in [1.82, 2.24) is 9.78 Å². The van der Waals surface area contributed by atoms with E-state index < -0.39 is 5.60 Å². The number of hydrogen-bond donors (Lipinski definition) is 1. The third-order valence-electron chi connectivity index (χ3n) is 3.13. The number of halogens is 1. The minimum Gasteiger partial charge on any atom is -0.390 e. The fourth-order valence-corrected chi connectivity index (χ4v) is 2.55. The molecule has 0 aliphatic rings. The maximum Gasteiger partial charge on any atom is 0.0738 e. The lowest BCUT2D eigenvalue weighted by molar-refractivity contribution is 0.0466. The van der Waals surface area contributed by atoms with Crippen molar-refractivity contribution in [3.63, 3.8) is 0 Å². The molecular formula is C13H23BrN2O. The number of aryl methyl sites for hydroxylation is 2.